The molecular weight excluding hydrogens is 258 g/mol. The van der Waals surface area contributed by atoms with E-state index in [1.807, 2.05) is 44.2 Å². The molecule has 19 heavy (non-hydrogen) atoms. The minimum absolute atomic E-state index is 0.0678. The number of benzene rings is 1. The van der Waals surface area contributed by atoms with Gasteiger partial charge in [-0.1, -0.05) is 37.3 Å². The summed E-state index contributed by atoms with van der Waals surface area (Å²) >= 11 is 1.76. The predicted octanol–water partition coefficient (Wildman–Crippen LogP) is 2.84. The van der Waals surface area contributed by atoms with Crippen LogP contribution in [0.15, 0.2) is 30.3 Å². The van der Waals surface area contributed by atoms with Gasteiger partial charge in [0.1, 0.15) is 6.61 Å². The van der Waals surface area contributed by atoms with E-state index >= 15 is 0 Å². The minimum atomic E-state index is -0.128. The molecule has 0 heterocycles. The van der Waals surface area contributed by atoms with Gasteiger partial charge in [-0.25, -0.2) is 0 Å². The number of ether oxygens (including phenoxy) is 1. The zero-order chi connectivity index (χ0) is 14.1. The normalized spacial score (nSPS) is 13.8. The number of carbonyl (C=O) groups excluding carboxylic acids is 1. The Labute approximate surface area is 119 Å². The summed E-state index contributed by atoms with van der Waals surface area (Å²) < 4.78 is 5.29. The molecule has 0 aromatic heterocycles. The lowest BCUT2D eigenvalue weighted by molar-refractivity contribution is -0.148. The fourth-order valence-corrected chi connectivity index (χ4v) is 2.66. The van der Waals surface area contributed by atoms with E-state index in [1.165, 1.54) is 0 Å². The van der Waals surface area contributed by atoms with E-state index in [1.54, 1.807) is 11.8 Å². The van der Waals surface area contributed by atoms with Gasteiger partial charge in [-0.05, 0) is 24.7 Å². The predicted molar refractivity (Wildman–Crippen MR) is 81.0 cm³/mol. The largest absolute Gasteiger partial charge is 0.461 e. The summed E-state index contributed by atoms with van der Waals surface area (Å²) in [6, 6.07) is 9.97. The molecule has 0 spiro atoms. The molecule has 1 aromatic carbocycles. The molecule has 0 aliphatic heterocycles. The Balaban J connectivity index is 2.18. The van der Waals surface area contributed by atoms with Gasteiger partial charge in [0, 0.05) is 11.8 Å². The van der Waals surface area contributed by atoms with Gasteiger partial charge in [0.2, 0.25) is 0 Å². The first-order valence-corrected chi connectivity index (χ1v) is 7.79. The second-order valence-electron chi connectivity index (χ2n) is 4.84. The first-order chi connectivity index (χ1) is 9.09. The molecule has 2 unspecified atom stereocenters. The lowest BCUT2D eigenvalue weighted by Crippen LogP contribution is -2.18. The fourth-order valence-electron chi connectivity index (χ4n) is 1.47. The van der Waals surface area contributed by atoms with Crippen LogP contribution in [0.1, 0.15) is 25.8 Å². The number of carbonyl (C=O) groups is 1. The van der Waals surface area contributed by atoms with Crippen molar-refractivity contribution in [3.8, 4) is 0 Å². The molecular formula is C15H23NO2S. The highest BCUT2D eigenvalue weighted by Crippen LogP contribution is 2.12. The van der Waals surface area contributed by atoms with E-state index in [9.17, 15) is 4.79 Å². The van der Waals surface area contributed by atoms with Crippen LogP contribution in [0.3, 0.4) is 0 Å². The SMILES string of the molecule is CC(N)CCSCC(C)C(=O)OCc1ccccc1. The lowest BCUT2D eigenvalue weighted by Gasteiger charge is -2.11. The van der Waals surface area contributed by atoms with Crippen LogP contribution in [0.2, 0.25) is 0 Å². The quantitative estimate of drug-likeness (QED) is 0.588. The van der Waals surface area contributed by atoms with Crippen LogP contribution in [0.25, 0.3) is 0 Å². The molecule has 0 aliphatic rings. The molecule has 0 aliphatic carbocycles. The van der Waals surface area contributed by atoms with E-state index in [4.69, 9.17) is 10.5 Å². The van der Waals surface area contributed by atoms with Crippen LogP contribution in [0, 0.1) is 5.92 Å². The second-order valence-corrected chi connectivity index (χ2v) is 5.99. The number of rotatable bonds is 8. The summed E-state index contributed by atoms with van der Waals surface area (Å²) in [4.78, 5) is 11.8. The minimum Gasteiger partial charge on any atom is -0.461 e. The van der Waals surface area contributed by atoms with Crippen LogP contribution >= 0.6 is 11.8 Å². The van der Waals surface area contributed by atoms with Crippen molar-refractivity contribution in [1.29, 1.82) is 0 Å². The molecule has 1 rings (SSSR count). The first kappa shape index (κ1) is 16.1. The summed E-state index contributed by atoms with van der Waals surface area (Å²) in [6.07, 6.45) is 0.983. The van der Waals surface area contributed by atoms with Crippen molar-refractivity contribution < 1.29 is 9.53 Å². The van der Waals surface area contributed by atoms with Crippen LogP contribution in [0.4, 0.5) is 0 Å². The topological polar surface area (TPSA) is 52.3 Å². The third kappa shape index (κ3) is 7.23. The smallest absolute Gasteiger partial charge is 0.309 e. The third-order valence-electron chi connectivity index (χ3n) is 2.71. The Morgan fingerprint density at radius 3 is 2.63 bits per heavy atom. The van der Waals surface area contributed by atoms with Gasteiger partial charge in [0.25, 0.3) is 0 Å². The zero-order valence-corrected chi connectivity index (χ0v) is 12.5. The monoisotopic (exact) mass is 281 g/mol. The fraction of sp³-hybridized carbons (Fsp3) is 0.533. The maximum absolute atomic E-state index is 11.8. The number of nitrogens with two attached hydrogens (primary N) is 1. The van der Waals surface area contributed by atoms with Crippen molar-refractivity contribution in [1.82, 2.24) is 0 Å². The van der Waals surface area contributed by atoms with Gasteiger partial charge in [0.05, 0.1) is 5.92 Å². The number of hydrogen-bond acceptors (Lipinski definition) is 4. The summed E-state index contributed by atoms with van der Waals surface area (Å²) in [7, 11) is 0. The van der Waals surface area contributed by atoms with E-state index in [0.717, 1.165) is 23.5 Å². The summed E-state index contributed by atoms with van der Waals surface area (Å²) in [6.45, 7) is 4.26. The Kier molecular flexibility index (Phi) is 7.60. The highest BCUT2D eigenvalue weighted by molar-refractivity contribution is 7.99. The highest BCUT2D eigenvalue weighted by Gasteiger charge is 2.14. The maximum atomic E-state index is 11.8. The van der Waals surface area contributed by atoms with Crippen molar-refractivity contribution in [2.45, 2.75) is 32.9 Å². The van der Waals surface area contributed by atoms with Gasteiger partial charge < -0.3 is 10.5 Å². The van der Waals surface area contributed by atoms with Crippen LogP contribution in [-0.4, -0.2) is 23.5 Å². The Morgan fingerprint density at radius 2 is 2.00 bits per heavy atom. The molecule has 0 saturated carbocycles. The maximum Gasteiger partial charge on any atom is 0.309 e. The van der Waals surface area contributed by atoms with E-state index in [0.29, 0.717) is 6.61 Å². The molecule has 0 radical (unpaired) electrons. The van der Waals surface area contributed by atoms with E-state index < -0.39 is 0 Å². The highest BCUT2D eigenvalue weighted by atomic mass is 32.2. The lowest BCUT2D eigenvalue weighted by atomic mass is 10.2. The number of hydrogen-bond donors (Lipinski definition) is 1. The van der Waals surface area contributed by atoms with E-state index in [-0.39, 0.29) is 17.9 Å². The standard InChI is InChI=1S/C15H23NO2S/c1-12(11-19-9-8-13(2)16)15(17)18-10-14-6-4-3-5-7-14/h3-7,12-13H,8-11,16H2,1-2H3. The van der Waals surface area contributed by atoms with Gasteiger partial charge in [-0.2, -0.15) is 11.8 Å². The molecule has 3 nitrogen and oxygen atoms in total. The molecule has 106 valence electrons. The van der Waals surface area contributed by atoms with Crippen LogP contribution in [-0.2, 0) is 16.1 Å². The third-order valence-corrected chi connectivity index (χ3v) is 3.97. The zero-order valence-electron chi connectivity index (χ0n) is 11.7. The van der Waals surface area contributed by atoms with E-state index in [2.05, 4.69) is 0 Å². The van der Waals surface area contributed by atoms with Gasteiger partial charge >= 0.3 is 5.97 Å². The molecule has 1 aromatic rings. The van der Waals surface area contributed by atoms with Gasteiger partial charge in [-0.3, -0.25) is 4.79 Å². The van der Waals surface area contributed by atoms with Gasteiger partial charge in [-0.15, -0.1) is 0 Å². The van der Waals surface area contributed by atoms with Gasteiger partial charge in [0.15, 0.2) is 0 Å². The average molecular weight is 281 g/mol. The van der Waals surface area contributed by atoms with Crippen LogP contribution in [0.5, 0.6) is 0 Å². The molecule has 0 saturated heterocycles. The number of esters is 1. The molecule has 0 fully saturated rings. The molecule has 2 N–H and O–H groups in total. The first-order valence-electron chi connectivity index (χ1n) is 6.63. The Hall–Kier alpha value is -1.00. The molecule has 4 heteroatoms. The average Bonchev–Trinajstić information content (AvgIpc) is 2.41. The summed E-state index contributed by atoms with van der Waals surface area (Å²) in [5, 5.41) is 0. The molecule has 0 bridgehead atoms. The van der Waals surface area contributed by atoms with Crippen molar-refractivity contribution in [3.63, 3.8) is 0 Å². The molecule has 2 atom stereocenters. The summed E-state index contributed by atoms with van der Waals surface area (Å²) in [5.74, 6) is 1.59. The Bertz CT molecular complexity index is 368. The Morgan fingerprint density at radius 1 is 1.32 bits per heavy atom. The molecule has 0 amide bonds. The van der Waals surface area contributed by atoms with Crippen LogP contribution < -0.4 is 5.73 Å². The summed E-state index contributed by atoms with van der Waals surface area (Å²) in [5.41, 5.74) is 6.70. The second kappa shape index (κ2) is 8.99. The number of thioether (sulfide) groups is 1. The van der Waals surface area contributed by atoms with Crippen molar-refractivity contribution in [3.05, 3.63) is 35.9 Å². The van der Waals surface area contributed by atoms with Crippen molar-refractivity contribution in [2.24, 2.45) is 11.7 Å². The van der Waals surface area contributed by atoms with Crippen molar-refractivity contribution in [2.75, 3.05) is 11.5 Å². The van der Waals surface area contributed by atoms with Crippen molar-refractivity contribution >= 4 is 17.7 Å².